The fraction of sp³-hybridized carbons (Fsp3) is 1.00. The van der Waals surface area contributed by atoms with Crippen molar-refractivity contribution >= 4 is 0 Å². The van der Waals surface area contributed by atoms with E-state index in [1.807, 2.05) is 0 Å². The van der Waals surface area contributed by atoms with Crippen LogP contribution in [0, 0.1) is 11.3 Å². The quantitative estimate of drug-likeness (QED) is 0.536. The second-order valence-corrected chi connectivity index (χ2v) is 5.59. The van der Waals surface area contributed by atoms with Crippen LogP contribution in [-0.4, -0.2) is 24.0 Å². The van der Waals surface area contributed by atoms with Crippen LogP contribution in [0.3, 0.4) is 0 Å². The second kappa shape index (κ2) is 2.73. The normalized spacial score (nSPS) is 37.2. The summed E-state index contributed by atoms with van der Waals surface area (Å²) in [6.45, 7) is 9.91. The Morgan fingerprint density at radius 2 is 2.00 bits per heavy atom. The van der Waals surface area contributed by atoms with Crippen LogP contribution in [0.15, 0.2) is 0 Å². The maximum atomic E-state index is 2.70. The van der Waals surface area contributed by atoms with Crippen molar-refractivity contribution in [3.8, 4) is 0 Å². The molecule has 2 heterocycles. The highest BCUT2D eigenvalue weighted by Gasteiger charge is 2.39. The summed E-state index contributed by atoms with van der Waals surface area (Å²) in [5.74, 6) is 0.947. The van der Waals surface area contributed by atoms with Crippen molar-refractivity contribution in [2.24, 2.45) is 11.3 Å². The van der Waals surface area contributed by atoms with E-state index in [1.165, 1.54) is 32.4 Å². The van der Waals surface area contributed by atoms with E-state index >= 15 is 0 Å². The van der Waals surface area contributed by atoms with Crippen LogP contribution >= 0.6 is 0 Å². The summed E-state index contributed by atoms with van der Waals surface area (Å²) in [4.78, 5) is 2.70. The zero-order chi connectivity index (χ0) is 8.77. The molecule has 0 spiro atoms. The zero-order valence-electron chi connectivity index (χ0n) is 8.64. The van der Waals surface area contributed by atoms with Crippen molar-refractivity contribution < 1.29 is 0 Å². The monoisotopic (exact) mass is 167 g/mol. The minimum absolute atomic E-state index is 0.532. The third kappa shape index (κ3) is 1.39. The third-order valence-electron chi connectivity index (χ3n) is 3.74. The first kappa shape index (κ1) is 8.55. The van der Waals surface area contributed by atoms with E-state index < -0.39 is 0 Å². The molecule has 0 aromatic heterocycles. The van der Waals surface area contributed by atoms with Gasteiger partial charge in [0, 0.05) is 12.6 Å². The van der Waals surface area contributed by atoms with Gasteiger partial charge in [-0.1, -0.05) is 20.8 Å². The molecule has 0 amide bonds. The molecular weight excluding hydrogens is 146 g/mol. The van der Waals surface area contributed by atoms with Gasteiger partial charge in [0.25, 0.3) is 0 Å². The largest absolute Gasteiger partial charge is 0.300 e. The van der Waals surface area contributed by atoms with Crippen molar-refractivity contribution in [1.82, 2.24) is 4.90 Å². The second-order valence-electron chi connectivity index (χ2n) is 5.59. The summed E-state index contributed by atoms with van der Waals surface area (Å²) in [5.41, 5.74) is 0.532. The van der Waals surface area contributed by atoms with Gasteiger partial charge in [0.2, 0.25) is 0 Å². The number of nitrogens with zero attached hydrogens (tertiary/aromatic N) is 1. The molecule has 2 fully saturated rings. The van der Waals surface area contributed by atoms with Crippen LogP contribution < -0.4 is 0 Å². The van der Waals surface area contributed by atoms with Gasteiger partial charge in [-0.15, -0.1) is 0 Å². The summed E-state index contributed by atoms with van der Waals surface area (Å²) in [6, 6.07) is 0.953. The number of fused-ring (bicyclic) bond motifs is 1. The van der Waals surface area contributed by atoms with E-state index in [9.17, 15) is 0 Å². The molecule has 2 atom stereocenters. The van der Waals surface area contributed by atoms with E-state index in [4.69, 9.17) is 0 Å². The van der Waals surface area contributed by atoms with Gasteiger partial charge in [-0.3, -0.25) is 0 Å². The Bertz CT molecular complexity index is 156. The van der Waals surface area contributed by atoms with Gasteiger partial charge in [-0.05, 0) is 37.1 Å². The van der Waals surface area contributed by atoms with Gasteiger partial charge < -0.3 is 4.90 Å². The van der Waals surface area contributed by atoms with Crippen molar-refractivity contribution in [3.05, 3.63) is 0 Å². The molecule has 2 aliphatic heterocycles. The van der Waals surface area contributed by atoms with E-state index in [-0.39, 0.29) is 0 Å². The molecule has 1 heteroatoms. The standard InChI is InChI=1S/C11H21N/c1-11(2,3)9-7-10-5-4-6-12(10)8-9/h9-10H,4-8H2,1-3H3. The lowest BCUT2D eigenvalue weighted by Crippen LogP contribution is -2.26. The average molecular weight is 167 g/mol. The summed E-state index contributed by atoms with van der Waals surface area (Å²) in [7, 11) is 0. The van der Waals surface area contributed by atoms with Gasteiger partial charge in [0.15, 0.2) is 0 Å². The van der Waals surface area contributed by atoms with Gasteiger partial charge >= 0.3 is 0 Å². The minimum Gasteiger partial charge on any atom is -0.300 e. The molecule has 0 aromatic carbocycles. The third-order valence-corrected chi connectivity index (χ3v) is 3.74. The molecule has 0 bridgehead atoms. The van der Waals surface area contributed by atoms with Crippen LogP contribution in [0.2, 0.25) is 0 Å². The number of hydrogen-bond acceptors (Lipinski definition) is 1. The summed E-state index contributed by atoms with van der Waals surface area (Å²) in [5, 5.41) is 0. The first-order valence-corrected chi connectivity index (χ1v) is 5.31. The predicted octanol–water partition coefficient (Wildman–Crippen LogP) is 2.52. The predicted molar refractivity (Wildman–Crippen MR) is 52.2 cm³/mol. The Balaban J connectivity index is 1.99. The highest BCUT2D eigenvalue weighted by atomic mass is 15.2. The first-order valence-electron chi connectivity index (χ1n) is 5.31. The fourth-order valence-corrected chi connectivity index (χ4v) is 2.72. The Labute approximate surface area is 76.1 Å². The molecule has 2 saturated heterocycles. The maximum Gasteiger partial charge on any atom is 0.00991 e. The lowest BCUT2D eigenvalue weighted by atomic mass is 9.79. The van der Waals surface area contributed by atoms with Crippen LogP contribution in [0.4, 0.5) is 0 Å². The number of hydrogen-bond donors (Lipinski definition) is 0. The highest BCUT2D eigenvalue weighted by Crippen LogP contribution is 2.40. The molecule has 0 aliphatic carbocycles. The smallest absolute Gasteiger partial charge is 0.00991 e. The van der Waals surface area contributed by atoms with Gasteiger partial charge in [0.05, 0.1) is 0 Å². The van der Waals surface area contributed by atoms with E-state index in [2.05, 4.69) is 25.7 Å². The van der Waals surface area contributed by atoms with Crippen LogP contribution in [0.25, 0.3) is 0 Å². The topological polar surface area (TPSA) is 3.24 Å². The van der Waals surface area contributed by atoms with E-state index in [0.717, 1.165) is 12.0 Å². The van der Waals surface area contributed by atoms with Crippen molar-refractivity contribution in [3.63, 3.8) is 0 Å². The first-order chi connectivity index (χ1) is 5.57. The molecule has 2 rings (SSSR count). The zero-order valence-corrected chi connectivity index (χ0v) is 8.64. The number of rotatable bonds is 0. The molecule has 0 saturated carbocycles. The van der Waals surface area contributed by atoms with Crippen LogP contribution in [0.5, 0.6) is 0 Å². The van der Waals surface area contributed by atoms with Crippen LogP contribution in [-0.2, 0) is 0 Å². The molecule has 70 valence electrons. The maximum absolute atomic E-state index is 2.70. The van der Waals surface area contributed by atoms with Gasteiger partial charge in [-0.2, -0.15) is 0 Å². The molecular formula is C11H21N. The fourth-order valence-electron chi connectivity index (χ4n) is 2.72. The molecule has 0 aromatic rings. The summed E-state index contributed by atoms with van der Waals surface area (Å²) >= 11 is 0. The van der Waals surface area contributed by atoms with Crippen molar-refractivity contribution in [2.45, 2.75) is 46.1 Å². The molecule has 0 N–H and O–H groups in total. The molecule has 12 heavy (non-hydrogen) atoms. The molecule has 2 unspecified atom stereocenters. The minimum atomic E-state index is 0.532. The van der Waals surface area contributed by atoms with E-state index in [0.29, 0.717) is 5.41 Å². The summed E-state index contributed by atoms with van der Waals surface area (Å²) < 4.78 is 0. The Morgan fingerprint density at radius 1 is 1.25 bits per heavy atom. The Kier molecular flexibility index (Phi) is 1.95. The van der Waals surface area contributed by atoms with Gasteiger partial charge in [-0.25, -0.2) is 0 Å². The van der Waals surface area contributed by atoms with Gasteiger partial charge in [0.1, 0.15) is 0 Å². The van der Waals surface area contributed by atoms with Crippen LogP contribution in [0.1, 0.15) is 40.0 Å². The lowest BCUT2D eigenvalue weighted by molar-refractivity contribution is 0.232. The van der Waals surface area contributed by atoms with Crippen molar-refractivity contribution in [2.75, 3.05) is 13.1 Å². The Hall–Kier alpha value is -0.0400. The molecule has 1 nitrogen and oxygen atoms in total. The molecule has 0 radical (unpaired) electrons. The molecule has 2 aliphatic rings. The summed E-state index contributed by atoms with van der Waals surface area (Å²) in [6.07, 6.45) is 4.37. The lowest BCUT2D eigenvalue weighted by Gasteiger charge is -2.27. The van der Waals surface area contributed by atoms with E-state index in [1.54, 1.807) is 0 Å². The Morgan fingerprint density at radius 3 is 2.58 bits per heavy atom. The van der Waals surface area contributed by atoms with Crippen molar-refractivity contribution in [1.29, 1.82) is 0 Å². The average Bonchev–Trinajstić information content (AvgIpc) is 2.37. The highest BCUT2D eigenvalue weighted by molar-refractivity contribution is 4.93. The SMILES string of the molecule is CC(C)(C)C1CC2CCCN2C1.